The first-order valence-electron chi connectivity index (χ1n) is 4.19. The van der Waals surface area contributed by atoms with Gasteiger partial charge in [-0.05, 0) is 22.4 Å². The predicted octanol–water partition coefficient (Wildman–Crippen LogP) is 3.46. The van der Waals surface area contributed by atoms with E-state index in [1.165, 1.54) is 5.56 Å². The van der Waals surface area contributed by atoms with Crippen molar-refractivity contribution < 1.29 is 0 Å². The molecule has 2 aromatic heterocycles. The van der Waals surface area contributed by atoms with Crippen molar-refractivity contribution in [2.75, 3.05) is 5.32 Å². The van der Waals surface area contributed by atoms with E-state index in [-0.39, 0.29) is 0 Å². The molecule has 0 aliphatic carbocycles. The van der Waals surface area contributed by atoms with Crippen molar-refractivity contribution in [2.24, 2.45) is 0 Å². The fraction of sp³-hybridized carbons (Fsp3) is 0.111. The van der Waals surface area contributed by atoms with Crippen LogP contribution >= 0.6 is 34.5 Å². The van der Waals surface area contributed by atoms with Crippen LogP contribution in [0.25, 0.3) is 0 Å². The van der Waals surface area contributed by atoms with Gasteiger partial charge in [-0.1, -0.05) is 23.2 Å². The lowest BCUT2D eigenvalue weighted by Gasteiger charge is -2.05. The number of anilines is 1. The molecular formula is C9H7Cl2N3S. The van der Waals surface area contributed by atoms with Gasteiger partial charge < -0.3 is 5.32 Å². The first-order chi connectivity index (χ1) is 7.25. The van der Waals surface area contributed by atoms with Crippen molar-refractivity contribution in [3.63, 3.8) is 0 Å². The van der Waals surface area contributed by atoms with E-state index in [1.807, 2.05) is 11.4 Å². The topological polar surface area (TPSA) is 37.8 Å². The first kappa shape index (κ1) is 10.7. The summed E-state index contributed by atoms with van der Waals surface area (Å²) in [5.74, 6) is 0. The van der Waals surface area contributed by atoms with Crippen molar-refractivity contribution in [3.8, 4) is 0 Å². The van der Waals surface area contributed by atoms with Gasteiger partial charge in [-0.15, -0.1) is 10.2 Å². The molecule has 0 radical (unpaired) electrons. The summed E-state index contributed by atoms with van der Waals surface area (Å²) >= 11 is 13.2. The molecule has 78 valence electrons. The Kier molecular flexibility index (Phi) is 3.41. The zero-order valence-corrected chi connectivity index (χ0v) is 9.90. The second-order valence-electron chi connectivity index (χ2n) is 2.86. The van der Waals surface area contributed by atoms with Crippen LogP contribution in [0.2, 0.25) is 10.3 Å². The molecule has 0 saturated heterocycles. The largest absolute Gasteiger partial charge is 0.378 e. The number of halogens is 2. The number of thiophene rings is 1. The van der Waals surface area contributed by atoms with Gasteiger partial charge in [0.05, 0.1) is 5.69 Å². The van der Waals surface area contributed by atoms with Crippen LogP contribution in [0.4, 0.5) is 5.69 Å². The smallest absolute Gasteiger partial charge is 0.174 e. The van der Waals surface area contributed by atoms with Gasteiger partial charge in [0.2, 0.25) is 0 Å². The standard InChI is InChI=1S/C9H7Cl2N3S/c10-8-3-7(9(11)14-13-8)12-4-6-1-2-15-5-6/h1-3,5H,4H2,(H,12,13). The van der Waals surface area contributed by atoms with Gasteiger partial charge >= 0.3 is 0 Å². The van der Waals surface area contributed by atoms with E-state index >= 15 is 0 Å². The molecule has 2 rings (SSSR count). The van der Waals surface area contributed by atoms with Crippen molar-refractivity contribution >= 4 is 40.2 Å². The van der Waals surface area contributed by atoms with E-state index in [1.54, 1.807) is 17.4 Å². The molecule has 2 aromatic rings. The second-order valence-corrected chi connectivity index (χ2v) is 4.38. The monoisotopic (exact) mass is 259 g/mol. The highest BCUT2D eigenvalue weighted by molar-refractivity contribution is 7.07. The molecule has 2 heterocycles. The van der Waals surface area contributed by atoms with Crippen molar-refractivity contribution in [2.45, 2.75) is 6.54 Å². The van der Waals surface area contributed by atoms with Gasteiger partial charge in [0.15, 0.2) is 10.3 Å². The highest BCUT2D eigenvalue weighted by atomic mass is 35.5. The third-order valence-corrected chi connectivity index (χ3v) is 2.98. The van der Waals surface area contributed by atoms with Crippen LogP contribution in [0.3, 0.4) is 0 Å². The third-order valence-electron chi connectivity index (χ3n) is 1.78. The van der Waals surface area contributed by atoms with Gasteiger partial charge in [0.25, 0.3) is 0 Å². The molecule has 0 fully saturated rings. The van der Waals surface area contributed by atoms with Crippen LogP contribution in [0.1, 0.15) is 5.56 Å². The molecule has 3 nitrogen and oxygen atoms in total. The summed E-state index contributed by atoms with van der Waals surface area (Å²) in [4.78, 5) is 0. The Morgan fingerprint density at radius 1 is 1.33 bits per heavy atom. The molecule has 0 saturated carbocycles. The Labute approximate surface area is 101 Å². The van der Waals surface area contributed by atoms with Gasteiger partial charge in [-0.25, -0.2) is 0 Å². The number of nitrogens with zero attached hydrogens (tertiary/aromatic N) is 2. The van der Waals surface area contributed by atoms with Crippen molar-refractivity contribution in [1.82, 2.24) is 10.2 Å². The first-order valence-corrected chi connectivity index (χ1v) is 5.89. The summed E-state index contributed by atoms with van der Waals surface area (Å²) in [7, 11) is 0. The molecule has 0 bridgehead atoms. The average Bonchev–Trinajstić information content (AvgIpc) is 2.72. The summed E-state index contributed by atoms with van der Waals surface area (Å²) in [5.41, 5.74) is 1.90. The van der Waals surface area contributed by atoms with Crippen LogP contribution in [0.15, 0.2) is 22.9 Å². The predicted molar refractivity (Wildman–Crippen MR) is 63.7 cm³/mol. The molecule has 6 heteroatoms. The normalized spacial score (nSPS) is 10.3. The van der Waals surface area contributed by atoms with E-state index in [0.717, 1.165) is 0 Å². The SMILES string of the molecule is Clc1cc(NCc2ccsc2)c(Cl)nn1. The number of hydrogen-bond acceptors (Lipinski definition) is 4. The number of hydrogen-bond donors (Lipinski definition) is 1. The van der Waals surface area contributed by atoms with E-state index in [0.29, 0.717) is 22.5 Å². The van der Waals surface area contributed by atoms with E-state index in [9.17, 15) is 0 Å². The summed E-state index contributed by atoms with van der Waals surface area (Å²) in [6.07, 6.45) is 0. The van der Waals surface area contributed by atoms with Gasteiger partial charge in [-0.2, -0.15) is 11.3 Å². The molecule has 0 amide bonds. The minimum Gasteiger partial charge on any atom is -0.378 e. The van der Waals surface area contributed by atoms with Crippen molar-refractivity contribution in [3.05, 3.63) is 38.8 Å². The zero-order chi connectivity index (χ0) is 10.7. The minimum absolute atomic E-state index is 0.326. The van der Waals surface area contributed by atoms with E-state index in [4.69, 9.17) is 23.2 Å². The molecule has 0 aromatic carbocycles. The molecule has 0 unspecified atom stereocenters. The summed E-state index contributed by atoms with van der Waals surface area (Å²) < 4.78 is 0. The van der Waals surface area contributed by atoms with Crippen molar-refractivity contribution in [1.29, 1.82) is 0 Å². The summed E-state index contributed by atoms with van der Waals surface area (Å²) in [6, 6.07) is 3.70. The van der Waals surface area contributed by atoms with Crippen LogP contribution in [0.5, 0.6) is 0 Å². The second kappa shape index (κ2) is 4.79. The van der Waals surface area contributed by atoms with Crippen LogP contribution < -0.4 is 5.32 Å². The average molecular weight is 260 g/mol. The fourth-order valence-corrected chi connectivity index (χ4v) is 2.04. The quantitative estimate of drug-likeness (QED) is 0.918. The van der Waals surface area contributed by atoms with E-state index in [2.05, 4.69) is 20.9 Å². The Balaban J connectivity index is 2.07. The fourth-order valence-electron chi connectivity index (χ4n) is 1.07. The Hall–Kier alpha value is -0.840. The summed E-state index contributed by atoms with van der Waals surface area (Å²) in [6.45, 7) is 0.700. The number of nitrogens with one attached hydrogen (secondary N) is 1. The lowest BCUT2D eigenvalue weighted by Crippen LogP contribution is -2.00. The molecule has 1 N–H and O–H groups in total. The lowest BCUT2D eigenvalue weighted by molar-refractivity contribution is 1.02. The van der Waals surface area contributed by atoms with Gasteiger partial charge in [0, 0.05) is 12.6 Å². The van der Waals surface area contributed by atoms with Crippen LogP contribution in [-0.2, 0) is 6.54 Å². The van der Waals surface area contributed by atoms with E-state index < -0.39 is 0 Å². The maximum atomic E-state index is 5.84. The Bertz CT molecular complexity index is 445. The lowest BCUT2D eigenvalue weighted by atomic mass is 10.3. The maximum absolute atomic E-state index is 5.84. The highest BCUT2D eigenvalue weighted by Crippen LogP contribution is 2.21. The Morgan fingerprint density at radius 3 is 2.93 bits per heavy atom. The highest BCUT2D eigenvalue weighted by Gasteiger charge is 2.03. The summed E-state index contributed by atoms with van der Waals surface area (Å²) in [5, 5.41) is 15.2. The minimum atomic E-state index is 0.326. The Morgan fingerprint density at radius 2 is 2.20 bits per heavy atom. The maximum Gasteiger partial charge on any atom is 0.174 e. The van der Waals surface area contributed by atoms with Gasteiger partial charge in [0.1, 0.15) is 0 Å². The van der Waals surface area contributed by atoms with Gasteiger partial charge in [-0.3, -0.25) is 0 Å². The number of aromatic nitrogens is 2. The molecule has 15 heavy (non-hydrogen) atoms. The zero-order valence-electron chi connectivity index (χ0n) is 7.58. The molecule has 0 atom stereocenters. The third kappa shape index (κ3) is 2.81. The molecule has 0 aliphatic rings. The number of rotatable bonds is 3. The molecular weight excluding hydrogens is 253 g/mol. The molecule has 0 spiro atoms. The van der Waals surface area contributed by atoms with Crippen LogP contribution in [-0.4, -0.2) is 10.2 Å². The van der Waals surface area contributed by atoms with Crippen LogP contribution in [0, 0.1) is 0 Å². The molecule has 0 aliphatic heterocycles.